The Morgan fingerprint density at radius 1 is 1.09 bits per heavy atom. The van der Waals surface area contributed by atoms with Crippen molar-refractivity contribution in [1.29, 1.82) is 5.26 Å². The Kier molecular flexibility index (Phi) is 4.77. The molecule has 2 rings (SSSR count). The molecule has 0 heterocycles. The van der Waals surface area contributed by atoms with Crippen molar-refractivity contribution in [2.45, 2.75) is 6.10 Å². The number of Topliss-reactive ketones (excluding diaryl/α,β-unsaturated/α-hetero) is 1. The van der Waals surface area contributed by atoms with Gasteiger partial charge in [0.1, 0.15) is 6.10 Å². The van der Waals surface area contributed by atoms with Crippen molar-refractivity contribution in [3.05, 3.63) is 59.2 Å². The van der Waals surface area contributed by atoms with Gasteiger partial charge in [-0.2, -0.15) is 5.26 Å². The van der Waals surface area contributed by atoms with Crippen LogP contribution in [0.3, 0.4) is 0 Å². The number of hydrogen-bond donors (Lipinski definition) is 1. The van der Waals surface area contributed by atoms with Crippen LogP contribution in [-0.2, 0) is 0 Å². The van der Waals surface area contributed by atoms with Gasteiger partial charge in [-0.25, -0.2) is 0 Å². The van der Waals surface area contributed by atoms with Crippen LogP contribution < -0.4 is 9.47 Å². The molecular formula is C17H15NO4. The summed E-state index contributed by atoms with van der Waals surface area (Å²) in [7, 11) is 2.98. The Morgan fingerprint density at radius 2 is 1.73 bits per heavy atom. The number of nitriles is 1. The van der Waals surface area contributed by atoms with Gasteiger partial charge < -0.3 is 14.6 Å². The Balaban J connectivity index is 2.28. The summed E-state index contributed by atoms with van der Waals surface area (Å²) < 4.78 is 10.3. The van der Waals surface area contributed by atoms with E-state index in [-0.39, 0.29) is 0 Å². The third-order valence-electron chi connectivity index (χ3n) is 3.27. The Bertz CT molecular complexity index is 716. The summed E-state index contributed by atoms with van der Waals surface area (Å²) in [6.45, 7) is 0. The Hall–Kier alpha value is -2.84. The van der Waals surface area contributed by atoms with Crippen LogP contribution in [0.5, 0.6) is 11.5 Å². The van der Waals surface area contributed by atoms with Gasteiger partial charge in [0, 0.05) is 5.56 Å². The molecular weight excluding hydrogens is 282 g/mol. The zero-order valence-electron chi connectivity index (χ0n) is 12.2. The largest absolute Gasteiger partial charge is 0.493 e. The lowest BCUT2D eigenvalue weighted by molar-refractivity contribution is 0.0747. The number of aliphatic hydroxyl groups excluding tert-OH is 1. The van der Waals surface area contributed by atoms with E-state index in [1.54, 1.807) is 36.4 Å². The van der Waals surface area contributed by atoms with E-state index >= 15 is 0 Å². The van der Waals surface area contributed by atoms with Crippen molar-refractivity contribution in [1.82, 2.24) is 0 Å². The fourth-order valence-electron chi connectivity index (χ4n) is 2.04. The first-order valence-corrected chi connectivity index (χ1v) is 6.55. The van der Waals surface area contributed by atoms with Crippen molar-refractivity contribution >= 4 is 5.78 Å². The van der Waals surface area contributed by atoms with Gasteiger partial charge in [0.05, 0.1) is 25.9 Å². The summed E-state index contributed by atoms with van der Waals surface area (Å²) in [5.41, 5.74) is 1.21. The molecule has 22 heavy (non-hydrogen) atoms. The van der Waals surface area contributed by atoms with Gasteiger partial charge in [0.25, 0.3) is 0 Å². The molecule has 5 nitrogen and oxygen atoms in total. The average molecular weight is 297 g/mol. The standard InChI is InChI=1S/C17H15NO4/c1-21-14-8-7-13(9-15(14)22-2)17(20)16(19)12-5-3-11(10-18)4-6-12/h3-9,16,19H,1-2H3. The number of benzene rings is 2. The summed E-state index contributed by atoms with van der Waals surface area (Å²) >= 11 is 0. The summed E-state index contributed by atoms with van der Waals surface area (Å²) in [6.07, 6.45) is -1.30. The van der Waals surface area contributed by atoms with Crippen LogP contribution in [0, 0.1) is 11.3 Å². The predicted molar refractivity (Wildman–Crippen MR) is 80.0 cm³/mol. The lowest BCUT2D eigenvalue weighted by atomic mass is 9.99. The SMILES string of the molecule is COc1ccc(C(=O)C(O)c2ccc(C#N)cc2)cc1OC. The second-order valence-corrected chi connectivity index (χ2v) is 4.57. The molecule has 0 fully saturated rings. The zero-order chi connectivity index (χ0) is 16.1. The van der Waals surface area contributed by atoms with Crippen molar-refractivity contribution in [3.8, 4) is 17.6 Å². The number of rotatable bonds is 5. The van der Waals surface area contributed by atoms with E-state index in [2.05, 4.69) is 0 Å². The van der Waals surface area contributed by atoms with Crippen LogP contribution in [0.25, 0.3) is 0 Å². The minimum atomic E-state index is -1.30. The molecule has 2 aromatic carbocycles. The van der Waals surface area contributed by atoms with E-state index in [1.807, 2.05) is 6.07 Å². The van der Waals surface area contributed by atoms with Crippen molar-refractivity contribution in [3.63, 3.8) is 0 Å². The first-order chi connectivity index (χ1) is 10.6. The van der Waals surface area contributed by atoms with Gasteiger partial charge >= 0.3 is 0 Å². The molecule has 0 aliphatic heterocycles. The van der Waals surface area contributed by atoms with E-state index in [4.69, 9.17) is 14.7 Å². The maximum absolute atomic E-state index is 12.4. The first kappa shape index (κ1) is 15.5. The van der Waals surface area contributed by atoms with Crippen molar-refractivity contribution in [2.75, 3.05) is 14.2 Å². The Morgan fingerprint density at radius 3 is 2.27 bits per heavy atom. The van der Waals surface area contributed by atoms with Crippen LogP contribution in [-0.4, -0.2) is 25.1 Å². The summed E-state index contributed by atoms with van der Waals surface area (Å²) in [6, 6.07) is 12.9. The second kappa shape index (κ2) is 6.74. The highest BCUT2D eigenvalue weighted by atomic mass is 16.5. The van der Waals surface area contributed by atoms with Gasteiger partial charge in [-0.1, -0.05) is 12.1 Å². The fraction of sp³-hybridized carbons (Fsp3) is 0.176. The van der Waals surface area contributed by atoms with Gasteiger partial charge in [-0.3, -0.25) is 4.79 Å². The molecule has 0 saturated heterocycles. The molecule has 112 valence electrons. The molecule has 0 aliphatic carbocycles. The molecule has 0 aliphatic rings. The van der Waals surface area contributed by atoms with E-state index in [0.717, 1.165) is 0 Å². The molecule has 0 saturated carbocycles. The number of carbonyl (C=O) groups excluding carboxylic acids is 1. The molecule has 1 N–H and O–H groups in total. The topological polar surface area (TPSA) is 79.5 Å². The van der Waals surface area contributed by atoms with Gasteiger partial charge in [0.2, 0.25) is 0 Å². The summed E-state index contributed by atoms with van der Waals surface area (Å²) in [4.78, 5) is 12.4. The maximum Gasteiger partial charge on any atom is 0.195 e. The number of hydrogen-bond acceptors (Lipinski definition) is 5. The molecule has 0 aromatic heterocycles. The van der Waals surface area contributed by atoms with Crippen LogP contribution in [0.1, 0.15) is 27.6 Å². The van der Waals surface area contributed by atoms with Gasteiger partial charge in [-0.05, 0) is 35.9 Å². The molecule has 0 radical (unpaired) electrons. The Labute approximate surface area is 128 Å². The normalized spacial score (nSPS) is 11.4. The highest BCUT2D eigenvalue weighted by Gasteiger charge is 2.20. The predicted octanol–water partition coefficient (Wildman–Crippen LogP) is 2.49. The number of methoxy groups -OCH3 is 2. The van der Waals surface area contributed by atoms with E-state index in [0.29, 0.717) is 28.2 Å². The van der Waals surface area contributed by atoms with Crippen LogP contribution >= 0.6 is 0 Å². The molecule has 1 unspecified atom stereocenters. The summed E-state index contributed by atoms with van der Waals surface area (Å²) in [5, 5.41) is 18.9. The zero-order valence-corrected chi connectivity index (χ0v) is 12.2. The van der Waals surface area contributed by atoms with Gasteiger partial charge in [-0.15, -0.1) is 0 Å². The quantitative estimate of drug-likeness (QED) is 0.858. The smallest absolute Gasteiger partial charge is 0.195 e. The molecule has 1 atom stereocenters. The molecule has 0 spiro atoms. The highest BCUT2D eigenvalue weighted by molar-refractivity contribution is 6.00. The van der Waals surface area contributed by atoms with Crippen molar-refractivity contribution in [2.24, 2.45) is 0 Å². The molecule has 0 amide bonds. The molecule has 0 bridgehead atoms. The number of aliphatic hydroxyl groups is 1. The third-order valence-corrected chi connectivity index (χ3v) is 3.27. The minimum Gasteiger partial charge on any atom is -0.493 e. The highest BCUT2D eigenvalue weighted by Crippen LogP contribution is 2.29. The number of carbonyl (C=O) groups is 1. The number of ether oxygens (including phenoxy) is 2. The van der Waals surface area contributed by atoms with Crippen LogP contribution in [0.15, 0.2) is 42.5 Å². The van der Waals surface area contributed by atoms with Crippen LogP contribution in [0.2, 0.25) is 0 Å². The molecule has 5 heteroatoms. The third kappa shape index (κ3) is 3.08. The van der Waals surface area contributed by atoms with E-state index < -0.39 is 11.9 Å². The lowest BCUT2D eigenvalue weighted by Gasteiger charge is -2.12. The minimum absolute atomic E-state index is 0.314. The van der Waals surface area contributed by atoms with Crippen molar-refractivity contribution < 1.29 is 19.4 Å². The fourth-order valence-corrected chi connectivity index (χ4v) is 2.04. The van der Waals surface area contributed by atoms with E-state index in [1.165, 1.54) is 20.3 Å². The maximum atomic E-state index is 12.4. The first-order valence-electron chi connectivity index (χ1n) is 6.55. The monoisotopic (exact) mass is 297 g/mol. The van der Waals surface area contributed by atoms with E-state index in [9.17, 15) is 9.90 Å². The number of ketones is 1. The van der Waals surface area contributed by atoms with Crippen LogP contribution in [0.4, 0.5) is 0 Å². The van der Waals surface area contributed by atoms with Gasteiger partial charge in [0.15, 0.2) is 17.3 Å². The number of nitrogens with zero attached hydrogens (tertiary/aromatic N) is 1. The second-order valence-electron chi connectivity index (χ2n) is 4.57. The lowest BCUT2D eigenvalue weighted by Crippen LogP contribution is -2.12. The summed E-state index contributed by atoms with van der Waals surface area (Å²) in [5.74, 6) is 0.470. The molecule has 2 aromatic rings. The average Bonchev–Trinajstić information content (AvgIpc) is 2.59.